The molecule has 0 fully saturated rings. The van der Waals surface area contributed by atoms with E-state index in [1.54, 1.807) is 11.8 Å². The minimum Gasteiger partial charge on any atom is -0.300 e. The van der Waals surface area contributed by atoms with Crippen LogP contribution in [0.2, 0.25) is 0 Å². The van der Waals surface area contributed by atoms with Crippen molar-refractivity contribution < 1.29 is 4.79 Å². The number of carbonyl (C=O) groups excluding carboxylic acids is 1. The van der Waals surface area contributed by atoms with E-state index in [4.69, 9.17) is 0 Å². The van der Waals surface area contributed by atoms with Crippen LogP contribution in [0.1, 0.15) is 10.6 Å². The third-order valence-electron chi connectivity index (χ3n) is 3.21. The summed E-state index contributed by atoms with van der Waals surface area (Å²) in [7, 11) is 0. The quantitative estimate of drug-likeness (QED) is 0.586. The number of hydrogen-bond donors (Lipinski definition) is 1. The van der Waals surface area contributed by atoms with Gasteiger partial charge in [-0.25, -0.2) is 0 Å². The first kappa shape index (κ1) is 18.0. The lowest BCUT2D eigenvalue weighted by molar-refractivity contribution is -0.113. The maximum absolute atomic E-state index is 12.0. The van der Waals surface area contributed by atoms with Crippen molar-refractivity contribution in [2.45, 2.75) is 22.5 Å². The fraction of sp³-hybridized carbons (Fsp3) is 0.167. The van der Waals surface area contributed by atoms with Crippen LogP contribution < -0.4 is 5.32 Å². The molecule has 4 nitrogen and oxygen atoms in total. The van der Waals surface area contributed by atoms with Gasteiger partial charge in [-0.3, -0.25) is 10.1 Å². The molecule has 128 valence electrons. The van der Waals surface area contributed by atoms with E-state index in [-0.39, 0.29) is 5.91 Å². The topological polar surface area (TPSA) is 54.9 Å². The van der Waals surface area contributed by atoms with E-state index in [1.807, 2.05) is 49.4 Å². The second kappa shape index (κ2) is 9.03. The van der Waals surface area contributed by atoms with Crippen molar-refractivity contribution in [3.63, 3.8) is 0 Å². The van der Waals surface area contributed by atoms with E-state index in [2.05, 4.69) is 27.6 Å². The van der Waals surface area contributed by atoms with Gasteiger partial charge in [-0.05, 0) is 31.2 Å². The Hall–Kier alpha value is -1.83. The van der Waals surface area contributed by atoms with E-state index in [1.165, 1.54) is 33.6 Å². The van der Waals surface area contributed by atoms with Crippen molar-refractivity contribution in [1.82, 2.24) is 10.2 Å². The van der Waals surface area contributed by atoms with Gasteiger partial charge in [0.05, 0.1) is 11.5 Å². The predicted octanol–water partition coefficient (Wildman–Crippen LogP) is 4.87. The molecule has 1 aromatic heterocycles. The zero-order valence-corrected chi connectivity index (χ0v) is 16.1. The van der Waals surface area contributed by atoms with Gasteiger partial charge in [-0.2, -0.15) is 0 Å². The monoisotopic (exact) mass is 387 g/mol. The van der Waals surface area contributed by atoms with Crippen LogP contribution in [-0.2, 0) is 10.5 Å². The number of hydrogen-bond acceptors (Lipinski definition) is 6. The Morgan fingerprint density at radius 3 is 2.48 bits per heavy atom. The Kier molecular flexibility index (Phi) is 6.49. The average molecular weight is 388 g/mol. The standard InChI is InChI=1S/C18H17N3OS3/c1-13-7-9-15(10-8-13)23-11-16(22)19-18-21-20-17(25-18)12-24-14-5-3-2-4-6-14/h2-10H,11-12H2,1H3,(H,19,21,22). The van der Waals surface area contributed by atoms with E-state index in [0.717, 1.165) is 15.7 Å². The lowest BCUT2D eigenvalue weighted by Gasteiger charge is -2.02. The molecule has 3 rings (SSSR count). The van der Waals surface area contributed by atoms with Crippen LogP contribution in [0.25, 0.3) is 0 Å². The minimum atomic E-state index is -0.0658. The fourth-order valence-corrected chi connectivity index (χ4v) is 4.32. The molecule has 0 saturated carbocycles. The van der Waals surface area contributed by atoms with Crippen LogP contribution in [0, 0.1) is 6.92 Å². The highest BCUT2D eigenvalue weighted by molar-refractivity contribution is 8.00. The summed E-state index contributed by atoms with van der Waals surface area (Å²) in [6.07, 6.45) is 0. The molecule has 0 atom stereocenters. The smallest absolute Gasteiger partial charge is 0.236 e. The molecule has 0 saturated heterocycles. The zero-order valence-electron chi connectivity index (χ0n) is 13.6. The number of anilines is 1. The van der Waals surface area contributed by atoms with Gasteiger partial charge in [0.25, 0.3) is 0 Å². The Balaban J connectivity index is 1.45. The molecule has 2 aromatic carbocycles. The normalized spacial score (nSPS) is 10.6. The summed E-state index contributed by atoms with van der Waals surface area (Å²) in [6.45, 7) is 2.05. The molecule has 0 unspecified atom stereocenters. The second-order valence-electron chi connectivity index (χ2n) is 5.25. The Morgan fingerprint density at radius 2 is 1.72 bits per heavy atom. The summed E-state index contributed by atoms with van der Waals surface area (Å²) in [4.78, 5) is 14.3. The molecular weight excluding hydrogens is 370 g/mol. The van der Waals surface area contributed by atoms with Gasteiger partial charge in [0.15, 0.2) is 0 Å². The first-order chi connectivity index (χ1) is 12.2. The van der Waals surface area contributed by atoms with Gasteiger partial charge in [0.1, 0.15) is 5.01 Å². The number of rotatable bonds is 7. The molecule has 1 amide bonds. The highest BCUT2D eigenvalue weighted by Gasteiger charge is 2.09. The average Bonchev–Trinajstić information content (AvgIpc) is 3.08. The van der Waals surface area contributed by atoms with Gasteiger partial charge in [0, 0.05) is 9.79 Å². The summed E-state index contributed by atoms with van der Waals surface area (Å²) >= 11 is 4.64. The van der Waals surface area contributed by atoms with Gasteiger partial charge in [-0.15, -0.1) is 33.7 Å². The van der Waals surface area contributed by atoms with Crippen LogP contribution in [0.15, 0.2) is 64.4 Å². The molecule has 1 heterocycles. The van der Waals surface area contributed by atoms with Crippen LogP contribution in [0.4, 0.5) is 5.13 Å². The number of nitrogens with one attached hydrogen (secondary N) is 1. The van der Waals surface area contributed by atoms with Gasteiger partial charge in [0.2, 0.25) is 11.0 Å². The molecule has 0 aliphatic heterocycles. The zero-order chi connectivity index (χ0) is 17.5. The summed E-state index contributed by atoms with van der Waals surface area (Å²) in [5.41, 5.74) is 1.21. The van der Waals surface area contributed by atoms with Crippen molar-refractivity contribution in [3.05, 3.63) is 65.2 Å². The summed E-state index contributed by atoms with van der Waals surface area (Å²) < 4.78 is 0. The number of aryl methyl sites for hydroxylation is 1. The van der Waals surface area contributed by atoms with Gasteiger partial charge in [-0.1, -0.05) is 47.2 Å². The maximum Gasteiger partial charge on any atom is 0.236 e. The number of nitrogens with zero attached hydrogens (tertiary/aromatic N) is 2. The van der Waals surface area contributed by atoms with Crippen molar-refractivity contribution in [2.75, 3.05) is 11.1 Å². The van der Waals surface area contributed by atoms with Crippen LogP contribution in [0.5, 0.6) is 0 Å². The number of benzene rings is 2. The van der Waals surface area contributed by atoms with E-state index in [0.29, 0.717) is 10.9 Å². The summed E-state index contributed by atoms with van der Waals surface area (Å²) in [5.74, 6) is 1.04. The fourth-order valence-electron chi connectivity index (χ4n) is 1.96. The van der Waals surface area contributed by atoms with Gasteiger partial charge >= 0.3 is 0 Å². The highest BCUT2D eigenvalue weighted by atomic mass is 32.2. The molecule has 7 heteroatoms. The van der Waals surface area contributed by atoms with Crippen LogP contribution >= 0.6 is 34.9 Å². The molecule has 0 aliphatic rings. The van der Waals surface area contributed by atoms with E-state index in [9.17, 15) is 4.79 Å². The highest BCUT2D eigenvalue weighted by Crippen LogP contribution is 2.26. The number of thioether (sulfide) groups is 2. The van der Waals surface area contributed by atoms with E-state index < -0.39 is 0 Å². The first-order valence-electron chi connectivity index (χ1n) is 7.68. The molecule has 1 N–H and O–H groups in total. The third-order valence-corrected chi connectivity index (χ3v) is 6.27. The van der Waals surface area contributed by atoms with Crippen molar-refractivity contribution in [1.29, 1.82) is 0 Å². The summed E-state index contributed by atoms with van der Waals surface area (Å²) in [5, 5.41) is 12.5. The lowest BCUT2D eigenvalue weighted by Crippen LogP contribution is -2.13. The molecule has 3 aromatic rings. The number of amides is 1. The largest absolute Gasteiger partial charge is 0.300 e. The van der Waals surface area contributed by atoms with E-state index >= 15 is 0 Å². The molecule has 25 heavy (non-hydrogen) atoms. The van der Waals surface area contributed by atoms with Crippen LogP contribution in [-0.4, -0.2) is 21.9 Å². The molecular formula is C18H17N3OS3. The summed E-state index contributed by atoms with van der Waals surface area (Å²) in [6, 6.07) is 18.3. The number of aromatic nitrogens is 2. The Bertz CT molecular complexity index is 819. The van der Waals surface area contributed by atoms with Gasteiger partial charge < -0.3 is 0 Å². The van der Waals surface area contributed by atoms with Crippen molar-refractivity contribution >= 4 is 45.9 Å². The molecule has 0 aliphatic carbocycles. The van der Waals surface area contributed by atoms with Crippen molar-refractivity contribution in [3.8, 4) is 0 Å². The van der Waals surface area contributed by atoms with Crippen molar-refractivity contribution in [2.24, 2.45) is 0 Å². The predicted molar refractivity (Wildman–Crippen MR) is 106 cm³/mol. The Labute approximate surface area is 159 Å². The lowest BCUT2D eigenvalue weighted by atomic mass is 10.2. The number of carbonyl (C=O) groups is 1. The van der Waals surface area contributed by atoms with Crippen LogP contribution in [0.3, 0.4) is 0 Å². The first-order valence-corrected chi connectivity index (χ1v) is 10.5. The third kappa shape index (κ3) is 5.88. The molecule has 0 radical (unpaired) electrons. The Morgan fingerprint density at radius 1 is 1.00 bits per heavy atom. The maximum atomic E-state index is 12.0. The molecule has 0 spiro atoms. The minimum absolute atomic E-state index is 0.0658. The second-order valence-corrected chi connectivity index (χ2v) is 8.41. The SMILES string of the molecule is Cc1ccc(SCC(=O)Nc2nnc(CSc3ccccc3)s2)cc1. The molecule has 0 bridgehead atoms.